The second kappa shape index (κ2) is 10.2. The summed E-state index contributed by atoms with van der Waals surface area (Å²) in [5, 5.41) is 2.47. The largest absolute Gasteiger partial charge is 0.468 e. The van der Waals surface area contributed by atoms with Crippen molar-refractivity contribution in [2.24, 2.45) is 0 Å². The van der Waals surface area contributed by atoms with Gasteiger partial charge >= 0.3 is 5.97 Å². The molecule has 2 aromatic carbocycles. The van der Waals surface area contributed by atoms with Gasteiger partial charge in [-0.3, -0.25) is 4.79 Å². The molecule has 3 aromatic rings. The number of hydrogen-bond donors (Lipinski definition) is 2. The second-order valence-corrected chi connectivity index (χ2v) is 9.24. The molecule has 1 atom stereocenters. The van der Waals surface area contributed by atoms with E-state index in [0.29, 0.717) is 11.3 Å². The van der Waals surface area contributed by atoms with Crippen molar-refractivity contribution in [1.82, 2.24) is 4.72 Å². The normalized spacial score (nSPS) is 12.2. The van der Waals surface area contributed by atoms with Gasteiger partial charge in [-0.1, -0.05) is 17.7 Å². The van der Waals surface area contributed by atoms with Crippen LogP contribution in [0.4, 0.5) is 10.1 Å². The molecule has 1 amide bonds. The molecule has 2 N–H and O–H groups in total. The highest BCUT2D eigenvalue weighted by molar-refractivity contribution is 7.89. The van der Waals surface area contributed by atoms with Crippen molar-refractivity contribution in [3.63, 3.8) is 0 Å². The predicted octanol–water partition coefficient (Wildman–Crippen LogP) is 4.04. The molecule has 1 unspecified atom stereocenters. The monoisotopic (exact) mass is 494 g/mol. The van der Waals surface area contributed by atoms with Gasteiger partial charge in [-0.2, -0.15) is 0 Å². The first-order valence-corrected chi connectivity index (χ1v) is 11.5. The highest BCUT2D eigenvalue weighted by Crippen LogP contribution is 2.20. The van der Waals surface area contributed by atoms with E-state index in [2.05, 4.69) is 10.0 Å². The molecular formula is C22H20ClFN2O6S. The van der Waals surface area contributed by atoms with E-state index in [0.717, 1.165) is 12.1 Å². The number of aryl methyl sites for hydroxylation is 1. The lowest BCUT2D eigenvalue weighted by atomic mass is 10.1. The summed E-state index contributed by atoms with van der Waals surface area (Å²) in [4.78, 5) is 24.8. The minimum absolute atomic E-state index is 0.0341. The van der Waals surface area contributed by atoms with Crippen LogP contribution < -0.4 is 10.0 Å². The van der Waals surface area contributed by atoms with Crippen LogP contribution >= 0.6 is 11.6 Å². The van der Waals surface area contributed by atoms with Crippen LogP contribution in [0.15, 0.2) is 64.1 Å². The summed E-state index contributed by atoms with van der Waals surface area (Å²) in [6, 6.07) is 10.9. The Labute approximate surface area is 194 Å². The van der Waals surface area contributed by atoms with Crippen LogP contribution in [-0.2, 0) is 26.1 Å². The molecule has 0 bridgehead atoms. The number of sulfonamides is 1. The SMILES string of the molecule is Cc1ccc(S(=O)(=O)NCc2ccco2)cc1C(=O)OC(C)C(=O)Nc1ccc(Cl)cc1F. The summed E-state index contributed by atoms with van der Waals surface area (Å²) >= 11 is 5.68. The first-order valence-electron chi connectivity index (χ1n) is 9.66. The van der Waals surface area contributed by atoms with Gasteiger partial charge in [-0.25, -0.2) is 22.3 Å². The van der Waals surface area contributed by atoms with E-state index >= 15 is 0 Å². The second-order valence-electron chi connectivity index (χ2n) is 7.04. The molecule has 0 fully saturated rings. The van der Waals surface area contributed by atoms with Gasteiger partial charge in [0, 0.05) is 5.02 Å². The van der Waals surface area contributed by atoms with Crippen LogP contribution in [0.5, 0.6) is 0 Å². The summed E-state index contributed by atoms with van der Waals surface area (Å²) in [7, 11) is -3.95. The van der Waals surface area contributed by atoms with E-state index < -0.39 is 33.8 Å². The number of furan rings is 1. The number of rotatable bonds is 8. The molecule has 0 saturated heterocycles. The summed E-state index contributed by atoms with van der Waals surface area (Å²) in [6.07, 6.45) is 0.131. The third kappa shape index (κ3) is 6.19. The Bertz CT molecular complexity index is 1280. The predicted molar refractivity (Wildman–Crippen MR) is 119 cm³/mol. The lowest BCUT2D eigenvalue weighted by Gasteiger charge is -2.15. The lowest BCUT2D eigenvalue weighted by molar-refractivity contribution is -0.123. The quantitative estimate of drug-likeness (QED) is 0.457. The highest BCUT2D eigenvalue weighted by Gasteiger charge is 2.23. The molecule has 0 aliphatic carbocycles. The third-order valence-electron chi connectivity index (χ3n) is 4.60. The highest BCUT2D eigenvalue weighted by atomic mass is 35.5. The zero-order valence-corrected chi connectivity index (χ0v) is 19.2. The van der Waals surface area contributed by atoms with Crippen LogP contribution in [0, 0.1) is 12.7 Å². The summed E-state index contributed by atoms with van der Waals surface area (Å²) < 4.78 is 51.7. The number of carbonyl (C=O) groups excluding carboxylic acids is 2. The van der Waals surface area contributed by atoms with Crippen LogP contribution in [0.3, 0.4) is 0 Å². The Morgan fingerprint density at radius 3 is 2.61 bits per heavy atom. The third-order valence-corrected chi connectivity index (χ3v) is 6.23. The van der Waals surface area contributed by atoms with Crippen LogP contribution in [-0.4, -0.2) is 26.4 Å². The van der Waals surface area contributed by atoms with Crippen molar-refractivity contribution in [3.8, 4) is 0 Å². The Kier molecular flexibility index (Phi) is 7.52. The molecule has 0 saturated carbocycles. The summed E-state index contributed by atoms with van der Waals surface area (Å²) in [5.74, 6) is -2.01. The lowest BCUT2D eigenvalue weighted by Crippen LogP contribution is -2.30. The zero-order valence-electron chi connectivity index (χ0n) is 17.6. The minimum atomic E-state index is -3.95. The molecule has 0 radical (unpaired) electrons. The van der Waals surface area contributed by atoms with Gasteiger partial charge in [0.15, 0.2) is 6.10 Å². The standard InChI is InChI=1S/C22H20ClFN2O6S/c1-13-5-7-17(33(29,30)25-12-16-4-3-9-31-16)11-18(13)22(28)32-14(2)21(27)26-20-8-6-15(23)10-19(20)24/h3-11,14,25H,12H2,1-2H3,(H,26,27). The van der Waals surface area contributed by atoms with E-state index in [1.54, 1.807) is 19.1 Å². The Balaban J connectivity index is 1.70. The number of benzene rings is 2. The maximum absolute atomic E-state index is 13.9. The molecular weight excluding hydrogens is 475 g/mol. The van der Waals surface area contributed by atoms with Crippen LogP contribution in [0.2, 0.25) is 5.02 Å². The average Bonchev–Trinajstić information content (AvgIpc) is 3.28. The molecule has 8 nitrogen and oxygen atoms in total. The number of anilines is 1. The molecule has 174 valence electrons. The van der Waals surface area contributed by atoms with Gasteiger partial charge in [0.05, 0.1) is 29.0 Å². The fraction of sp³-hybridized carbons (Fsp3) is 0.182. The number of esters is 1. The number of nitrogens with one attached hydrogen (secondary N) is 2. The minimum Gasteiger partial charge on any atom is -0.468 e. The summed E-state index contributed by atoms with van der Waals surface area (Å²) in [5.41, 5.74) is 0.286. The molecule has 0 aliphatic heterocycles. The van der Waals surface area contributed by atoms with Crippen molar-refractivity contribution in [2.75, 3.05) is 5.32 Å². The van der Waals surface area contributed by atoms with E-state index in [9.17, 15) is 22.4 Å². The first kappa shape index (κ1) is 24.4. The molecule has 3 rings (SSSR count). The fourth-order valence-corrected chi connectivity index (χ4v) is 3.93. The maximum Gasteiger partial charge on any atom is 0.339 e. The van der Waals surface area contributed by atoms with Gasteiger partial charge < -0.3 is 14.5 Å². The Morgan fingerprint density at radius 2 is 1.94 bits per heavy atom. The smallest absolute Gasteiger partial charge is 0.339 e. The topological polar surface area (TPSA) is 115 Å². The van der Waals surface area contributed by atoms with Crippen LogP contribution in [0.25, 0.3) is 0 Å². The molecule has 1 heterocycles. The first-order chi connectivity index (χ1) is 15.6. The number of carbonyl (C=O) groups is 2. The average molecular weight is 495 g/mol. The van der Waals surface area contributed by atoms with E-state index in [1.165, 1.54) is 37.5 Å². The van der Waals surface area contributed by atoms with Crippen LogP contribution in [0.1, 0.15) is 28.6 Å². The maximum atomic E-state index is 13.9. The van der Waals surface area contributed by atoms with E-state index in [1.807, 2.05) is 0 Å². The summed E-state index contributed by atoms with van der Waals surface area (Å²) in [6.45, 7) is 2.83. The van der Waals surface area contributed by atoms with Gasteiger partial charge in [0.25, 0.3) is 5.91 Å². The molecule has 0 spiro atoms. The molecule has 1 aromatic heterocycles. The van der Waals surface area contributed by atoms with Gasteiger partial charge in [-0.05, 0) is 61.9 Å². The van der Waals surface area contributed by atoms with Crippen molar-refractivity contribution in [2.45, 2.75) is 31.4 Å². The van der Waals surface area contributed by atoms with Gasteiger partial charge in [-0.15, -0.1) is 0 Å². The number of hydrogen-bond acceptors (Lipinski definition) is 6. The van der Waals surface area contributed by atoms with Gasteiger partial charge in [0.2, 0.25) is 10.0 Å². The Morgan fingerprint density at radius 1 is 1.18 bits per heavy atom. The van der Waals surface area contributed by atoms with E-state index in [4.69, 9.17) is 20.8 Å². The number of ether oxygens (including phenoxy) is 1. The van der Waals surface area contributed by atoms with Crippen molar-refractivity contribution in [1.29, 1.82) is 0 Å². The van der Waals surface area contributed by atoms with Crippen molar-refractivity contribution < 1.29 is 31.6 Å². The molecule has 33 heavy (non-hydrogen) atoms. The van der Waals surface area contributed by atoms with Gasteiger partial charge in [0.1, 0.15) is 11.6 Å². The Hall–Kier alpha value is -3.21. The number of amides is 1. The van der Waals surface area contributed by atoms with Crippen molar-refractivity contribution in [3.05, 3.63) is 82.5 Å². The molecule has 11 heteroatoms. The van der Waals surface area contributed by atoms with E-state index in [-0.39, 0.29) is 27.7 Å². The molecule has 0 aliphatic rings. The fourth-order valence-electron chi connectivity index (χ4n) is 2.75. The zero-order chi connectivity index (χ0) is 24.2. The number of halogens is 2. The van der Waals surface area contributed by atoms with Crippen molar-refractivity contribution >= 4 is 39.2 Å².